The minimum atomic E-state index is -4.59. The lowest BCUT2D eigenvalue weighted by Crippen LogP contribution is -2.31. The molecule has 0 fully saturated rings. The average Bonchev–Trinajstić information content (AvgIpc) is 3.47. The summed E-state index contributed by atoms with van der Waals surface area (Å²) in [4.78, 5) is 3.35. The first-order valence-corrected chi connectivity index (χ1v) is 14.4. The normalized spacial score (nSPS) is 12.6. The van der Waals surface area contributed by atoms with E-state index in [0.29, 0.717) is 17.1 Å². The number of thiazole rings is 1. The van der Waals surface area contributed by atoms with Crippen molar-refractivity contribution in [2.75, 3.05) is 23.8 Å². The van der Waals surface area contributed by atoms with E-state index >= 15 is 4.39 Å². The standard InChI is InChI=1S/C26H23ClF4N4O4S2/c1-38-18-7-6-16(22(11-18)39-2)14-35(25-33-8-9-40-25)41(36,37)23-12-19(27)21(13-20(23)28)34-24(32)15-4-3-5-17(10-15)26(29,30)31/h3-13,24,34H,14,32H2,1-2H3/t24-/m1/s1. The number of nitrogens with one attached hydrogen (secondary N) is 1. The van der Waals surface area contributed by atoms with Crippen LogP contribution in [0.5, 0.6) is 11.5 Å². The highest BCUT2D eigenvalue weighted by molar-refractivity contribution is 7.93. The van der Waals surface area contributed by atoms with E-state index in [4.69, 9.17) is 26.8 Å². The van der Waals surface area contributed by atoms with Crippen LogP contribution >= 0.6 is 22.9 Å². The Labute approximate surface area is 242 Å². The van der Waals surface area contributed by atoms with Gasteiger partial charge in [0.25, 0.3) is 10.0 Å². The summed E-state index contributed by atoms with van der Waals surface area (Å²) in [7, 11) is -1.70. The number of ether oxygens (including phenoxy) is 2. The van der Waals surface area contributed by atoms with E-state index in [1.54, 1.807) is 23.6 Å². The van der Waals surface area contributed by atoms with Crippen LogP contribution in [0.3, 0.4) is 0 Å². The number of halogens is 5. The van der Waals surface area contributed by atoms with Crippen LogP contribution in [0.1, 0.15) is 22.9 Å². The van der Waals surface area contributed by atoms with E-state index in [0.717, 1.165) is 39.9 Å². The minimum absolute atomic E-state index is 0.0522. The summed E-state index contributed by atoms with van der Waals surface area (Å²) in [5.74, 6) is -0.349. The lowest BCUT2D eigenvalue weighted by atomic mass is 10.1. The quantitative estimate of drug-likeness (QED) is 0.153. The molecular formula is C26H23ClF4N4O4S2. The fourth-order valence-electron chi connectivity index (χ4n) is 3.85. The van der Waals surface area contributed by atoms with Crippen molar-refractivity contribution in [3.8, 4) is 11.5 Å². The molecular weight excluding hydrogens is 608 g/mol. The molecule has 0 saturated carbocycles. The molecule has 3 aromatic carbocycles. The van der Waals surface area contributed by atoms with Crippen molar-refractivity contribution in [2.45, 2.75) is 23.8 Å². The maximum atomic E-state index is 15.4. The van der Waals surface area contributed by atoms with Gasteiger partial charge in [-0.3, -0.25) is 0 Å². The molecule has 1 heterocycles. The minimum Gasteiger partial charge on any atom is -0.497 e. The molecule has 0 aliphatic heterocycles. The zero-order valence-electron chi connectivity index (χ0n) is 21.4. The van der Waals surface area contributed by atoms with Crippen LogP contribution in [0.4, 0.5) is 28.4 Å². The topological polar surface area (TPSA) is 107 Å². The van der Waals surface area contributed by atoms with Crippen LogP contribution < -0.4 is 24.8 Å². The number of nitrogens with zero attached hydrogens (tertiary/aromatic N) is 2. The van der Waals surface area contributed by atoms with Gasteiger partial charge < -0.3 is 20.5 Å². The Hall–Kier alpha value is -3.59. The molecule has 0 unspecified atom stereocenters. The molecule has 0 aliphatic carbocycles. The third kappa shape index (κ3) is 6.67. The lowest BCUT2D eigenvalue weighted by molar-refractivity contribution is -0.137. The van der Waals surface area contributed by atoms with Crippen molar-refractivity contribution in [1.29, 1.82) is 0 Å². The maximum Gasteiger partial charge on any atom is 0.416 e. The number of anilines is 2. The fraction of sp³-hybridized carbons (Fsp3) is 0.192. The second-order valence-corrected chi connectivity index (χ2v) is 11.6. The molecule has 8 nitrogen and oxygen atoms in total. The number of rotatable bonds is 10. The number of benzene rings is 3. The van der Waals surface area contributed by atoms with Crippen LogP contribution in [-0.4, -0.2) is 27.6 Å². The first-order chi connectivity index (χ1) is 19.3. The maximum absolute atomic E-state index is 15.4. The second-order valence-electron chi connectivity index (χ2n) is 8.51. The van der Waals surface area contributed by atoms with Crippen LogP contribution in [0.25, 0.3) is 0 Å². The van der Waals surface area contributed by atoms with Crippen molar-refractivity contribution in [2.24, 2.45) is 5.73 Å². The Morgan fingerprint density at radius 1 is 1.12 bits per heavy atom. The summed E-state index contributed by atoms with van der Waals surface area (Å²) in [5.41, 5.74) is 5.48. The largest absolute Gasteiger partial charge is 0.497 e. The zero-order chi connectivity index (χ0) is 29.9. The van der Waals surface area contributed by atoms with E-state index < -0.39 is 38.6 Å². The number of hydrogen-bond acceptors (Lipinski definition) is 8. The fourth-order valence-corrected chi connectivity index (χ4v) is 6.47. The smallest absolute Gasteiger partial charge is 0.416 e. The summed E-state index contributed by atoms with van der Waals surface area (Å²) < 4.78 is 93.8. The van der Waals surface area contributed by atoms with E-state index in [1.165, 1.54) is 32.5 Å². The highest BCUT2D eigenvalue weighted by atomic mass is 35.5. The summed E-state index contributed by atoms with van der Waals surface area (Å²) in [6, 6.07) is 10.8. The molecule has 4 aromatic rings. The zero-order valence-corrected chi connectivity index (χ0v) is 23.8. The average molecular weight is 631 g/mol. The highest BCUT2D eigenvalue weighted by Crippen LogP contribution is 2.36. The molecule has 41 heavy (non-hydrogen) atoms. The number of aromatic nitrogens is 1. The monoisotopic (exact) mass is 630 g/mol. The summed E-state index contributed by atoms with van der Waals surface area (Å²) in [5, 5.41) is 4.04. The van der Waals surface area contributed by atoms with Crippen molar-refractivity contribution in [3.63, 3.8) is 0 Å². The molecule has 0 aliphatic rings. The van der Waals surface area contributed by atoms with Crippen molar-refractivity contribution >= 4 is 43.8 Å². The number of nitrogens with two attached hydrogens (primary N) is 1. The van der Waals surface area contributed by atoms with E-state index in [-0.39, 0.29) is 27.9 Å². The Morgan fingerprint density at radius 2 is 1.88 bits per heavy atom. The van der Waals surface area contributed by atoms with Crippen LogP contribution in [0, 0.1) is 5.82 Å². The van der Waals surface area contributed by atoms with Crippen molar-refractivity contribution < 1.29 is 35.5 Å². The number of sulfonamides is 1. The van der Waals surface area contributed by atoms with Gasteiger partial charge in [0.05, 0.1) is 37.0 Å². The Morgan fingerprint density at radius 3 is 2.51 bits per heavy atom. The first kappa shape index (κ1) is 30.4. The highest BCUT2D eigenvalue weighted by Gasteiger charge is 2.33. The molecule has 0 saturated heterocycles. The molecule has 0 spiro atoms. The third-order valence-corrected chi connectivity index (χ3v) is 8.89. The molecule has 0 radical (unpaired) electrons. The number of hydrogen-bond donors (Lipinski definition) is 2. The number of methoxy groups -OCH3 is 2. The summed E-state index contributed by atoms with van der Waals surface area (Å²) in [6.45, 7) is -0.263. The predicted molar refractivity (Wildman–Crippen MR) is 148 cm³/mol. The van der Waals surface area contributed by atoms with Gasteiger partial charge in [-0.05, 0) is 42.0 Å². The summed E-state index contributed by atoms with van der Waals surface area (Å²) in [6.07, 6.45) is -4.40. The van der Waals surface area contributed by atoms with Gasteiger partial charge in [0, 0.05) is 23.2 Å². The van der Waals surface area contributed by atoms with Crippen molar-refractivity contribution in [3.05, 3.63) is 93.7 Å². The third-order valence-electron chi connectivity index (χ3n) is 5.91. The van der Waals surface area contributed by atoms with Gasteiger partial charge in [-0.15, -0.1) is 11.3 Å². The van der Waals surface area contributed by atoms with Crippen molar-refractivity contribution in [1.82, 2.24) is 4.98 Å². The van der Waals surface area contributed by atoms with Crippen LogP contribution in [-0.2, 0) is 22.7 Å². The Balaban J connectivity index is 1.68. The molecule has 218 valence electrons. The second kappa shape index (κ2) is 12.1. The molecule has 1 aromatic heterocycles. The molecule has 0 amide bonds. The van der Waals surface area contributed by atoms with Gasteiger partial charge in [0.1, 0.15) is 28.4 Å². The lowest BCUT2D eigenvalue weighted by Gasteiger charge is -2.24. The van der Waals surface area contributed by atoms with E-state index in [2.05, 4.69) is 10.3 Å². The van der Waals surface area contributed by atoms with Gasteiger partial charge in [-0.25, -0.2) is 22.1 Å². The van der Waals surface area contributed by atoms with E-state index in [1.807, 2.05) is 0 Å². The molecule has 15 heteroatoms. The van der Waals surface area contributed by atoms with Gasteiger partial charge in [-0.1, -0.05) is 23.7 Å². The number of alkyl halides is 3. The molecule has 1 atom stereocenters. The molecule has 3 N–H and O–H groups in total. The molecule has 0 bridgehead atoms. The van der Waals surface area contributed by atoms with Crippen LogP contribution in [0.2, 0.25) is 5.02 Å². The SMILES string of the molecule is COc1ccc(CN(c2nccs2)S(=O)(=O)c2cc(Cl)c(N[C@@H](N)c3cccc(C(F)(F)F)c3)cc2F)c(OC)c1. The predicted octanol–water partition coefficient (Wildman–Crippen LogP) is 6.44. The first-order valence-electron chi connectivity index (χ1n) is 11.7. The molecule has 4 rings (SSSR count). The van der Waals surface area contributed by atoms with Gasteiger partial charge in [-0.2, -0.15) is 13.2 Å². The van der Waals surface area contributed by atoms with Gasteiger partial charge in [0.2, 0.25) is 0 Å². The van der Waals surface area contributed by atoms with Gasteiger partial charge >= 0.3 is 6.18 Å². The Bertz CT molecular complexity index is 1640. The van der Waals surface area contributed by atoms with E-state index in [9.17, 15) is 21.6 Å². The summed E-state index contributed by atoms with van der Waals surface area (Å²) >= 11 is 7.34. The Kier molecular flexibility index (Phi) is 8.97. The van der Waals surface area contributed by atoms with Crippen LogP contribution in [0.15, 0.2) is 71.1 Å². The van der Waals surface area contributed by atoms with Gasteiger partial charge in [0.15, 0.2) is 5.13 Å².